The highest BCUT2D eigenvalue weighted by Crippen LogP contribution is 2.28. The number of phenolic OH excluding ortho intramolecular Hbond substituents is 1. The number of nitrogens with one attached hydrogen (secondary N) is 2. The van der Waals surface area contributed by atoms with Crippen LogP contribution in [0.4, 0.5) is 11.4 Å². The highest BCUT2D eigenvalue weighted by Gasteiger charge is 2.12. The molecular weight excluding hydrogens is 420 g/mol. The lowest BCUT2D eigenvalue weighted by Gasteiger charge is -2.11. The number of halogens is 1. The molecule has 154 valence electrons. The maximum Gasteiger partial charge on any atom is 0.256 e. The highest BCUT2D eigenvalue weighted by molar-refractivity contribution is 7.99. The van der Waals surface area contributed by atoms with Crippen molar-refractivity contribution in [3.05, 3.63) is 88.4 Å². The molecule has 0 saturated carbocycles. The molecule has 0 spiro atoms. The molecule has 0 aliphatic rings. The third-order valence-electron chi connectivity index (χ3n) is 4.37. The fourth-order valence-electron chi connectivity index (χ4n) is 2.80. The van der Waals surface area contributed by atoms with Crippen LogP contribution in [-0.2, 0) is 10.5 Å². The van der Waals surface area contributed by atoms with E-state index >= 15 is 0 Å². The van der Waals surface area contributed by atoms with Gasteiger partial charge in [-0.3, -0.25) is 9.59 Å². The normalized spacial score (nSPS) is 10.5. The van der Waals surface area contributed by atoms with Gasteiger partial charge in [-0.1, -0.05) is 48.0 Å². The molecule has 2 amide bonds. The van der Waals surface area contributed by atoms with Crippen molar-refractivity contribution in [3.8, 4) is 5.75 Å². The molecule has 3 aromatic rings. The second-order valence-electron chi connectivity index (χ2n) is 6.63. The van der Waals surface area contributed by atoms with E-state index in [-0.39, 0.29) is 29.0 Å². The highest BCUT2D eigenvalue weighted by atomic mass is 35.5. The second-order valence-corrected chi connectivity index (χ2v) is 8.03. The molecule has 0 aromatic heterocycles. The molecule has 3 rings (SSSR count). The van der Waals surface area contributed by atoms with Crippen LogP contribution in [0.15, 0.2) is 66.7 Å². The Bertz CT molecular complexity index is 1070. The van der Waals surface area contributed by atoms with E-state index in [9.17, 15) is 14.7 Å². The fraction of sp³-hybridized carbons (Fsp3) is 0.130. The number of rotatable bonds is 7. The molecule has 0 fully saturated rings. The number of hydrogen-bond acceptors (Lipinski definition) is 4. The Morgan fingerprint density at radius 1 is 1.00 bits per heavy atom. The molecule has 0 bridgehead atoms. The van der Waals surface area contributed by atoms with Crippen molar-refractivity contribution in [3.63, 3.8) is 0 Å². The number of phenols is 1. The van der Waals surface area contributed by atoms with Gasteiger partial charge in [0, 0.05) is 28.1 Å². The van der Waals surface area contributed by atoms with Crippen molar-refractivity contribution in [2.24, 2.45) is 0 Å². The van der Waals surface area contributed by atoms with Gasteiger partial charge in [-0.05, 0) is 42.3 Å². The van der Waals surface area contributed by atoms with E-state index in [0.29, 0.717) is 22.0 Å². The van der Waals surface area contributed by atoms with Crippen molar-refractivity contribution in [1.29, 1.82) is 0 Å². The zero-order valence-corrected chi connectivity index (χ0v) is 17.9. The van der Waals surface area contributed by atoms with Crippen LogP contribution in [0.1, 0.15) is 21.5 Å². The molecule has 0 aliphatic heterocycles. The van der Waals surface area contributed by atoms with Crippen LogP contribution in [-0.4, -0.2) is 22.7 Å². The molecule has 0 atom stereocenters. The molecule has 3 aromatic carbocycles. The smallest absolute Gasteiger partial charge is 0.256 e. The van der Waals surface area contributed by atoms with Gasteiger partial charge in [0.1, 0.15) is 5.75 Å². The maximum absolute atomic E-state index is 12.4. The minimum atomic E-state index is -0.309. The molecule has 3 N–H and O–H groups in total. The van der Waals surface area contributed by atoms with Crippen LogP contribution in [0.3, 0.4) is 0 Å². The van der Waals surface area contributed by atoms with E-state index in [4.69, 9.17) is 11.6 Å². The van der Waals surface area contributed by atoms with Crippen molar-refractivity contribution in [2.75, 3.05) is 16.4 Å². The number of hydrogen-bond donors (Lipinski definition) is 3. The quantitative estimate of drug-likeness (QED) is 0.425. The molecule has 0 radical (unpaired) electrons. The molecule has 5 nitrogen and oxygen atoms in total. The zero-order valence-electron chi connectivity index (χ0n) is 16.3. The van der Waals surface area contributed by atoms with E-state index in [2.05, 4.69) is 10.6 Å². The van der Waals surface area contributed by atoms with E-state index in [1.54, 1.807) is 24.3 Å². The van der Waals surface area contributed by atoms with Gasteiger partial charge in [-0.2, -0.15) is 0 Å². The second kappa shape index (κ2) is 10.2. The molecule has 0 heterocycles. The summed E-state index contributed by atoms with van der Waals surface area (Å²) in [7, 11) is 0. The minimum Gasteiger partial charge on any atom is -0.506 e. The van der Waals surface area contributed by atoms with Crippen LogP contribution in [0, 0.1) is 6.92 Å². The first-order chi connectivity index (χ1) is 14.4. The van der Waals surface area contributed by atoms with Crippen molar-refractivity contribution >= 4 is 46.6 Å². The van der Waals surface area contributed by atoms with E-state index in [1.807, 2.05) is 43.3 Å². The van der Waals surface area contributed by atoms with Gasteiger partial charge in [0.2, 0.25) is 5.91 Å². The van der Waals surface area contributed by atoms with Gasteiger partial charge in [0.15, 0.2) is 0 Å². The minimum absolute atomic E-state index is 0.126. The summed E-state index contributed by atoms with van der Waals surface area (Å²) < 4.78 is 0. The molecular formula is C23H21ClN2O3S. The summed E-state index contributed by atoms with van der Waals surface area (Å²) in [4.78, 5) is 24.6. The third kappa shape index (κ3) is 5.78. The third-order valence-corrected chi connectivity index (χ3v) is 5.72. The lowest BCUT2D eigenvalue weighted by molar-refractivity contribution is -0.113. The number of benzene rings is 3. The fourth-order valence-corrected chi connectivity index (χ4v) is 3.91. The number of thioether (sulfide) groups is 1. The summed E-state index contributed by atoms with van der Waals surface area (Å²) in [6.07, 6.45) is 0. The van der Waals surface area contributed by atoms with Gasteiger partial charge in [-0.15, -0.1) is 11.8 Å². The van der Waals surface area contributed by atoms with Gasteiger partial charge in [-0.25, -0.2) is 0 Å². The first kappa shape index (κ1) is 21.7. The van der Waals surface area contributed by atoms with E-state index in [1.165, 1.54) is 17.8 Å². The number of aryl methyl sites for hydroxylation is 1. The molecule has 0 saturated heterocycles. The predicted octanol–water partition coefficient (Wildman–Crippen LogP) is 5.48. The Morgan fingerprint density at radius 2 is 1.73 bits per heavy atom. The standard InChI is InChI=1S/C23H21ClN2O3S/c1-15-6-2-4-8-18(15)23(29)26-20-11-10-17(12-21(20)27)25-22(28)14-30-13-16-7-3-5-9-19(16)24/h2-12,27H,13-14H2,1H3,(H,25,28)(H,26,29). The van der Waals surface area contributed by atoms with Crippen LogP contribution in [0.2, 0.25) is 5.02 Å². The summed E-state index contributed by atoms with van der Waals surface area (Å²) in [5, 5.41) is 16.3. The van der Waals surface area contributed by atoms with E-state index < -0.39 is 0 Å². The largest absolute Gasteiger partial charge is 0.506 e. The average Bonchev–Trinajstić information content (AvgIpc) is 2.72. The number of carbonyl (C=O) groups excluding carboxylic acids is 2. The lowest BCUT2D eigenvalue weighted by atomic mass is 10.1. The van der Waals surface area contributed by atoms with Crippen molar-refractivity contribution < 1.29 is 14.7 Å². The summed E-state index contributed by atoms with van der Waals surface area (Å²) in [5.41, 5.74) is 3.07. The number of anilines is 2. The lowest BCUT2D eigenvalue weighted by Crippen LogP contribution is -2.15. The summed E-state index contributed by atoms with van der Waals surface area (Å²) in [6, 6.07) is 19.3. The maximum atomic E-state index is 12.4. The van der Waals surface area contributed by atoms with Gasteiger partial charge >= 0.3 is 0 Å². The Balaban J connectivity index is 1.54. The van der Waals surface area contributed by atoms with Crippen LogP contribution in [0.25, 0.3) is 0 Å². The van der Waals surface area contributed by atoms with Gasteiger partial charge in [0.25, 0.3) is 5.91 Å². The Hall–Kier alpha value is -2.96. The van der Waals surface area contributed by atoms with Crippen molar-refractivity contribution in [1.82, 2.24) is 0 Å². The number of aromatic hydroxyl groups is 1. The van der Waals surface area contributed by atoms with Gasteiger partial charge in [0.05, 0.1) is 11.4 Å². The average molecular weight is 441 g/mol. The molecule has 0 aliphatic carbocycles. The Kier molecular flexibility index (Phi) is 7.38. The van der Waals surface area contributed by atoms with Crippen LogP contribution in [0.5, 0.6) is 5.75 Å². The van der Waals surface area contributed by atoms with E-state index in [0.717, 1.165) is 11.1 Å². The first-order valence-corrected chi connectivity index (χ1v) is 10.8. The molecule has 30 heavy (non-hydrogen) atoms. The summed E-state index contributed by atoms with van der Waals surface area (Å²) in [5.74, 6) is 0.248. The number of carbonyl (C=O) groups is 2. The Labute approximate surface area is 184 Å². The van der Waals surface area contributed by atoms with Gasteiger partial charge < -0.3 is 15.7 Å². The molecule has 0 unspecified atom stereocenters. The first-order valence-electron chi connectivity index (χ1n) is 9.25. The molecule has 7 heteroatoms. The monoisotopic (exact) mass is 440 g/mol. The Morgan fingerprint density at radius 3 is 2.47 bits per heavy atom. The topological polar surface area (TPSA) is 78.4 Å². The van der Waals surface area contributed by atoms with Crippen molar-refractivity contribution in [2.45, 2.75) is 12.7 Å². The predicted molar refractivity (Wildman–Crippen MR) is 123 cm³/mol. The summed E-state index contributed by atoms with van der Waals surface area (Å²) in [6.45, 7) is 1.84. The number of amides is 2. The SMILES string of the molecule is Cc1ccccc1C(=O)Nc1ccc(NC(=O)CSCc2ccccc2Cl)cc1O. The van der Waals surface area contributed by atoms with Crippen LogP contribution >= 0.6 is 23.4 Å². The van der Waals surface area contributed by atoms with Crippen LogP contribution < -0.4 is 10.6 Å². The summed E-state index contributed by atoms with van der Waals surface area (Å²) >= 11 is 7.56. The zero-order chi connectivity index (χ0) is 21.5.